The quantitative estimate of drug-likeness (QED) is 0.857. The van der Waals surface area contributed by atoms with Crippen LogP contribution in [0.15, 0.2) is 33.7 Å². The molecule has 0 saturated carbocycles. The molecule has 0 bridgehead atoms. The molecule has 0 radical (unpaired) electrons. The summed E-state index contributed by atoms with van der Waals surface area (Å²) in [5, 5.41) is 4.09. The maximum Gasteiger partial charge on any atom is 0.257 e. The van der Waals surface area contributed by atoms with E-state index >= 15 is 0 Å². The molecule has 1 atom stereocenters. The lowest BCUT2D eigenvalue weighted by Gasteiger charge is -2.34. The van der Waals surface area contributed by atoms with E-state index in [9.17, 15) is 8.42 Å². The van der Waals surface area contributed by atoms with Crippen molar-refractivity contribution in [2.75, 3.05) is 12.9 Å². The van der Waals surface area contributed by atoms with Crippen LogP contribution in [0.5, 0.6) is 0 Å². The lowest BCUT2D eigenvalue weighted by Crippen LogP contribution is -2.33. The second-order valence-electron chi connectivity index (χ2n) is 6.55. The highest BCUT2D eigenvalue weighted by molar-refractivity contribution is 7.90. The van der Waals surface area contributed by atoms with Crippen molar-refractivity contribution in [3.8, 4) is 11.5 Å². The Kier molecular flexibility index (Phi) is 4.01. The van der Waals surface area contributed by atoms with Crippen LogP contribution >= 0.6 is 0 Å². The Bertz CT molecular complexity index is 794. The van der Waals surface area contributed by atoms with Crippen LogP contribution in [0.25, 0.3) is 11.5 Å². The summed E-state index contributed by atoms with van der Waals surface area (Å²) in [5.41, 5.74) is 0.531. The summed E-state index contributed by atoms with van der Waals surface area (Å²) >= 11 is 0. The summed E-state index contributed by atoms with van der Waals surface area (Å²) in [4.78, 5) is 4.75. The highest BCUT2D eigenvalue weighted by atomic mass is 32.2. The summed E-state index contributed by atoms with van der Waals surface area (Å²) in [6.45, 7) is 4.80. The van der Waals surface area contributed by atoms with Gasteiger partial charge in [-0.05, 0) is 51.0 Å². The molecule has 1 aliphatic rings. The first kappa shape index (κ1) is 16.1. The molecule has 0 N–H and O–H groups in total. The predicted molar refractivity (Wildman–Crippen MR) is 84.8 cm³/mol. The van der Waals surface area contributed by atoms with E-state index in [1.807, 2.05) is 0 Å². The predicted octanol–water partition coefficient (Wildman–Crippen LogP) is 2.81. The first-order chi connectivity index (χ1) is 10.7. The normalized spacial score (nSPS) is 21.3. The highest BCUT2D eigenvalue weighted by Crippen LogP contribution is 2.35. The molecule has 2 aromatic rings. The molecular formula is C16H20N2O4S. The first-order valence-corrected chi connectivity index (χ1v) is 9.42. The Labute approximate surface area is 135 Å². The minimum Gasteiger partial charge on any atom is -0.376 e. The van der Waals surface area contributed by atoms with Gasteiger partial charge in [-0.15, -0.1) is 0 Å². The number of ether oxygens (including phenoxy) is 1. The van der Waals surface area contributed by atoms with Gasteiger partial charge in [0.25, 0.3) is 5.89 Å². The molecule has 1 aliphatic heterocycles. The van der Waals surface area contributed by atoms with Crippen LogP contribution in [0.1, 0.15) is 38.4 Å². The standard InChI is InChI=1S/C16H20N2O4S/c1-16(2)10-12(8-9-21-16)14-17-15(22-18-14)11-4-6-13(7-5-11)23(3,19)20/h4-7,12H,8-10H2,1-3H3. The fourth-order valence-corrected chi connectivity index (χ4v) is 3.45. The molecule has 6 nitrogen and oxygen atoms in total. The van der Waals surface area contributed by atoms with Gasteiger partial charge in [0.2, 0.25) is 0 Å². The average molecular weight is 336 g/mol. The molecule has 1 aromatic heterocycles. The minimum atomic E-state index is -3.21. The average Bonchev–Trinajstić information content (AvgIpc) is 2.95. The van der Waals surface area contributed by atoms with Crippen LogP contribution in [-0.2, 0) is 14.6 Å². The van der Waals surface area contributed by atoms with Gasteiger partial charge in [0, 0.05) is 24.3 Å². The summed E-state index contributed by atoms with van der Waals surface area (Å²) < 4.78 is 34.0. The molecule has 0 amide bonds. The maximum absolute atomic E-state index is 11.5. The van der Waals surface area contributed by atoms with Crippen LogP contribution in [0.3, 0.4) is 0 Å². The largest absolute Gasteiger partial charge is 0.376 e. The number of hydrogen-bond acceptors (Lipinski definition) is 6. The molecule has 1 fully saturated rings. The van der Waals surface area contributed by atoms with Crippen LogP contribution in [0.2, 0.25) is 0 Å². The van der Waals surface area contributed by atoms with E-state index in [4.69, 9.17) is 9.26 Å². The van der Waals surface area contributed by atoms with Crippen LogP contribution < -0.4 is 0 Å². The third-order valence-electron chi connectivity index (χ3n) is 4.03. The van der Waals surface area contributed by atoms with Crippen molar-refractivity contribution in [1.29, 1.82) is 0 Å². The zero-order valence-electron chi connectivity index (χ0n) is 13.4. The van der Waals surface area contributed by atoms with Gasteiger partial charge in [0.05, 0.1) is 10.5 Å². The molecule has 0 aliphatic carbocycles. The van der Waals surface area contributed by atoms with Gasteiger partial charge >= 0.3 is 0 Å². The first-order valence-electron chi connectivity index (χ1n) is 7.53. The van der Waals surface area contributed by atoms with Crippen LogP contribution in [0.4, 0.5) is 0 Å². The van der Waals surface area contributed by atoms with Crippen LogP contribution in [0, 0.1) is 0 Å². The van der Waals surface area contributed by atoms with Crippen molar-refractivity contribution in [3.63, 3.8) is 0 Å². The number of aromatic nitrogens is 2. The fourth-order valence-electron chi connectivity index (χ4n) is 2.81. The highest BCUT2D eigenvalue weighted by Gasteiger charge is 2.32. The van der Waals surface area contributed by atoms with E-state index in [-0.39, 0.29) is 16.4 Å². The van der Waals surface area contributed by atoms with E-state index in [1.165, 1.54) is 6.26 Å². The van der Waals surface area contributed by atoms with E-state index in [2.05, 4.69) is 24.0 Å². The van der Waals surface area contributed by atoms with Crippen molar-refractivity contribution in [3.05, 3.63) is 30.1 Å². The maximum atomic E-state index is 11.5. The number of sulfone groups is 1. The van der Waals surface area contributed by atoms with Gasteiger partial charge in [-0.25, -0.2) is 8.42 Å². The third kappa shape index (κ3) is 3.61. The van der Waals surface area contributed by atoms with Crippen molar-refractivity contribution < 1.29 is 17.7 Å². The van der Waals surface area contributed by atoms with Gasteiger partial charge in [-0.2, -0.15) is 4.98 Å². The van der Waals surface area contributed by atoms with Gasteiger partial charge in [-0.1, -0.05) is 5.16 Å². The van der Waals surface area contributed by atoms with Crippen molar-refractivity contribution in [2.24, 2.45) is 0 Å². The molecule has 124 valence electrons. The topological polar surface area (TPSA) is 82.3 Å². The van der Waals surface area contributed by atoms with Gasteiger partial charge < -0.3 is 9.26 Å². The Morgan fingerprint density at radius 1 is 1.22 bits per heavy atom. The number of nitrogens with zero attached hydrogens (tertiary/aromatic N) is 2. The zero-order valence-corrected chi connectivity index (χ0v) is 14.3. The number of benzene rings is 1. The van der Waals surface area contributed by atoms with E-state index in [0.29, 0.717) is 23.9 Å². The lowest BCUT2D eigenvalue weighted by molar-refractivity contribution is -0.0604. The zero-order chi connectivity index (χ0) is 16.7. The molecule has 1 aromatic carbocycles. The summed E-state index contributed by atoms with van der Waals surface area (Å²) in [7, 11) is -3.21. The minimum absolute atomic E-state index is 0.180. The second kappa shape index (κ2) is 5.72. The smallest absolute Gasteiger partial charge is 0.257 e. The van der Waals surface area contributed by atoms with Crippen molar-refractivity contribution >= 4 is 9.84 Å². The van der Waals surface area contributed by atoms with Crippen molar-refractivity contribution in [2.45, 2.75) is 43.1 Å². The molecule has 1 unspecified atom stereocenters. The third-order valence-corrected chi connectivity index (χ3v) is 5.16. The number of rotatable bonds is 3. The molecular weight excluding hydrogens is 316 g/mol. The summed E-state index contributed by atoms with van der Waals surface area (Å²) in [5.74, 6) is 1.31. The van der Waals surface area contributed by atoms with Gasteiger partial charge in [0.15, 0.2) is 15.7 Å². The molecule has 0 spiro atoms. The molecule has 1 saturated heterocycles. The molecule has 3 rings (SSSR count). The summed E-state index contributed by atoms with van der Waals surface area (Å²) in [6, 6.07) is 6.46. The fraction of sp³-hybridized carbons (Fsp3) is 0.500. The second-order valence-corrected chi connectivity index (χ2v) is 8.57. The Morgan fingerprint density at radius 3 is 2.52 bits per heavy atom. The van der Waals surface area contributed by atoms with Crippen LogP contribution in [-0.4, -0.2) is 37.0 Å². The Hall–Kier alpha value is -1.73. The van der Waals surface area contributed by atoms with E-state index in [0.717, 1.165) is 12.8 Å². The Balaban J connectivity index is 1.82. The van der Waals surface area contributed by atoms with Crippen molar-refractivity contribution in [1.82, 2.24) is 10.1 Å². The summed E-state index contributed by atoms with van der Waals surface area (Å²) in [6.07, 6.45) is 2.90. The van der Waals surface area contributed by atoms with E-state index < -0.39 is 9.84 Å². The lowest BCUT2D eigenvalue weighted by atomic mass is 9.88. The van der Waals surface area contributed by atoms with Gasteiger partial charge in [-0.3, -0.25) is 0 Å². The molecule has 7 heteroatoms. The SMILES string of the molecule is CC1(C)CC(c2noc(-c3ccc(S(C)(=O)=O)cc3)n2)CCO1. The molecule has 2 heterocycles. The Morgan fingerprint density at radius 2 is 1.91 bits per heavy atom. The molecule has 23 heavy (non-hydrogen) atoms. The van der Waals surface area contributed by atoms with E-state index in [1.54, 1.807) is 24.3 Å². The number of hydrogen-bond donors (Lipinski definition) is 0. The van der Waals surface area contributed by atoms with Gasteiger partial charge in [0.1, 0.15) is 0 Å². The monoisotopic (exact) mass is 336 g/mol.